The molecule has 0 spiro atoms. The second kappa shape index (κ2) is 14.8. The lowest BCUT2D eigenvalue weighted by Crippen LogP contribution is -2.39. The molecular weight excluding hydrogens is 672 g/mol. The number of benzene rings is 3. The van der Waals surface area contributed by atoms with Crippen LogP contribution < -0.4 is 33.8 Å². The van der Waals surface area contributed by atoms with Crippen LogP contribution in [0.2, 0.25) is 0 Å². The van der Waals surface area contributed by atoms with Crippen LogP contribution in [0.1, 0.15) is 49.1 Å². The van der Waals surface area contributed by atoms with Crippen LogP contribution in [0.15, 0.2) is 80.6 Å². The first-order chi connectivity index (χ1) is 22.3. The fourth-order valence-corrected chi connectivity index (χ4v) is 6.60. The van der Waals surface area contributed by atoms with Gasteiger partial charge in [-0.1, -0.05) is 47.2 Å². The molecule has 0 amide bonds. The highest BCUT2D eigenvalue weighted by molar-refractivity contribution is 9.10. The molecular formula is C35H35BrN2O7S. The van der Waals surface area contributed by atoms with Crippen LogP contribution in [0.5, 0.6) is 23.0 Å². The summed E-state index contributed by atoms with van der Waals surface area (Å²) < 4.78 is 31.4. The molecule has 0 N–H and O–H groups in total. The van der Waals surface area contributed by atoms with Crippen molar-refractivity contribution in [3.8, 4) is 23.0 Å². The monoisotopic (exact) mass is 706 g/mol. The number of carbonyl (C=O) groups excluding carboxylic acids is 1. The predicted molar refractivity (Wildman–Crippen MR) is 181 cm³/mol. The topological polar surface area (TPSA) is 97.6 Å². The summed E-state index contributed by atoms with van der Waals surface area (Å²) in [6.45, 7) is 9.39. The SMILES string of the molecule is CCOc1ccc([C@H]2C(C(=O)OC)=CN=c3s/c(=C\c4cc(Br)c(OCc5ccc(C)cc5)c(OCC)c4)c(=O)n32)cc1OCC. The maximum absolute atomic E-state index is 14.1. The van der Waals surface area contributed by atoms with Crippen LogP contribution in [0, 0.1) is 6.92 Å². The molecule has 0 aliphatic carbocycles. The highest BCUT2D eigenvalue weighted by Gasteiger charge is 2.31. The Morgan fingerprint density at radius 3 is 2.33 bits per heavy atom. The zero-order valence-corrected chi connectivity index (χ0v) is 28.7. The maximum atomic E-state index is 14.1. The van der Waals surface area contributed by atoms with Crippen molar-refractivity contribution in [2.24, 2.45) is 4.99 Å². The van der Waals surface area contributed by atoms with E-state index in [0.717, 1.165) is 11.1 Å². The van der Waals surface area contributed by atoms with Crippen molar-refractivity contribution in [3.05, 3.63) is 113 Å². The van der Waals surface area contributed by atoms with E-state index < -0.39 is 12.0 Å². The summed E-state index contributed by atoms with van der Waals surface area (Å²) in [5.41, 5.74) is 3.52. The van der Waals surface area contributed by atoms with Crippen LogP contribution in [0.3, 0.4) is 0 Å². The number of hydrogen-bond acceptors (Lipinski definition) is 9. The quantitative estimate of drug-likeness (QED) is 0.170. The molecule has 0 fully saturated rings. The van der Waals surface area contributed by atoms with E-state index in [0.29, 0.717) is 68.8 Å². The van der Waals surface area contributed by atoms with Crippen LogP contribution in [-0.2, 0) is 16.1 Å². The number of ether oxygens (including phenoxy) is 5. The van der Waals surface area contributed by atoms with E-state index in [4.69, 9.17) is 23.7 Å². The summed E-state index contributed by atoms with van der Waals surface area (Å²) in [6.07, 6.45) is 3.25. The van der Waals surface area contributed by atoms with E-state index in [1.165, 1.54) is 34.8 Å². The number of esters is 1. The number of rotatable bonds is 12. The van der Waals surface area contributed by atoms with Gasteiger partial charge in [-0.15, -0.1) is 0 Å². The fraction of sp³-hybridized carbons (Fsp3) is 0.286. The van der Waals surface area contributed by atoms with E-state index >= 15 is 0 Å². The Balaban J connectivity index is 1.57. The number of methoxy groups -OCH3 is 1. The van der Waals surface area contributed by atoms with Crippen LogP contribution >= 0.6 is 27.3 Å². The van der Waals surface area contributed by atoms with Crippen molar-refractivity contribution in [1.82, 2.24) is 4.57 Å². The average molecular weight is 708 g/mol. The first-order valence-electron chi connectivity index (χ1n) is 14.9. The summed E-state index contributed by atoms with van der Waals surface area (Å²) in [7, 11) is 1.30. The van der Waals surface area contributed by atoms with Gasteiger partial charge in [0, 0.05) is 6.20 Å². The molecule has 5 rings (SSSR count). The van der Waals surface area contributed by atoms with Crippen molar-refractivity contribution < 1.29 is 28.5 Å². The third kappa shape index (κ3) is 7.05. The molecule has 9 nitrogen and oxygen atoms in total. The van der Waals surface area contributed by atoms with Gasteiger partial charge in [0.25, 0.3) is 5.56 Å². The number of halogens is 1. The first kappa shape index (κ1) is 33.0. The number of aromatic nitrogens is 1. The van der Waals surface area contributed by atoms with Gasteiger partial charge in [-0.3, -0.25) is 9.36 Å². The molecule has 0 unspecified atom stereocenters. The molecule has 1 atom stereocenters. The van der Waals surface area contributed by atoms with Gasteiger partial charge < -0.3 is 23.7 Å². The van der Waals surface area contributed by atoms with Crippen molar-refractivity contribution in [3.63, 3.8) is 0 Å². The van der Waals surface area contributed by atoms with E-state index in [9.17, 15) is 9.59 Å². The molecule has 1 aliphatic heterocycles. The second-order valence-electron chi connectivity index (χ2n) is 10.3. The summed E-state index contributed by atoms with van der Waals surface area (Å²) in [6, 6.07) is 16.5. The van der Waals surface area contributed by atoms with Gasteiger partial charge in [-0.25, -0.2) is 9.79 Å². The molecule has 0 saturated carbocycles. The van der Waals surface area contributed by atoms with Gasteiger partial charge >= 0.3 is 5.97 Å². The van der Waals surface area contributed by atoms with Gasteiger partial charge in [0.1, 0.15) is 6.61 Å². The van der Waals surface area contributed by atoms with E-state index in [1.807, 2.05) is 70.2 Å². The lowest BCUT2D eigenvalue weighted by atomic mass is 9.97. The lowest BCUT2D eigenvalue weighted by molar-refractivity contribution is -0.136. The lowest BCUT2D eigenvalue weighted by Gasteiger charge is -2.23. The third-order valence-electron chi connectivity index (χ3n) is 7.14. The molecule has 46 heavy (non-hydrogen) atoms. The van der Waals surface area contributed by atoms with Crippen LogP contribution in [0.25, 0.3) is 6.08 Å². The Labute approximate surface area is 279 Å². The Hall–Kier alpha value is -4.35. The zero-order valence-electron chi connectivity index (χ0n) is 26.3. The largest absolute Gasteiger partial charge is 0.490 e. The number of nitrogens with zero attached hydrogens (tertiary/aromatic N) is 2. The summed E-state index contributed by atoms with van der Waals surface area (Å²) in [4.78, 5) is 31.9. The predicted octanol–water partition coefficient (Wildman–Crippen LogP) is 5.86. The molecule has 2 heterocycles. The van der Waals surface area contributed by atoms with Crippen molar-refractivity contribution >= 4 is 39.3 Å². The van der Waals surface area contributed by atoms with Gasteiger partial charge in [-0.2, -0.15) is 0 Å². The summed E-state index contributed by atoms with van der Waals surface area (Å²) in [5, 5.41) is 0. The molecule has 4 aromatic rings. The Kier molecular flexibility index (Phi) is 10.6. The Morgan fingerprint density at radius 2 is 1.63 bits per heavy atom. The molecule has 240 valence electrons. The highest BCUT2D eigenvalue weighted by Crippen LogP contribution is 2.38. The van der Waals surface area contributed by atoms with Gasteiger partial charge in [0.2, 0.25) is 0 Å². The molecule has 3 aromatic carbocycles. The van der Waals surface area contributed by atoms with E-state index in [-0.39, 0.29) is 11.1 Å². The maximum Gasteiger partial charge on any atom is 0.337 e. The van der Waals surface area contributed by atoms with Gasteiger partial charge in [-0.05, 0) is 90.7 Å². The smallest absolute Gasteiger partial charge is 0.337 e. The number of thiazole rings is 1. The highest BCUT2D eigenvalue weighted by atomic mass is 79.9. The second-order valence-corrected chi connectivity index (χ2v) is 12.1. The van der Waals surface area contributed by atoms with Crippen molar-refractivity contribution in [1.29, 1.82) is 0 Å². The summed E-state index contributed by atoms with van der Waals surface area (Å²) >= 11 is 4.87. The number of carbonyl (C=O) groups is 1. The van der Waals surface area contributed by atoms with Gasteiger partial charge in [0.05, 0.1) is 47.6 Å². The number of aryl methyl sites for hydroxylation is 1. The molecule has 11 heteroatoms. The molecule has 1 aliphatic rings. The number of fused-ring (bicyclic) bond motifs is 1. The number of hydrogen-bond donors (Lipinski definition) is 0. The molecule has 0 radical (unpaired) electrons. The Bertz CT molecular complexity index is 1950. The minimum atomic E-state index is -0.788. The minimum absolute atomic E-state index is 0.226. The van der Waals surface area contributed by atoms with Crippen molar-refractivity contribution in [2.75, 3.05) is 26.9 Å². The molecule has 0 bridgehead atoms. The Morgan fingerprint density at radius 1 is 0.935 bits per heavy atom. The van der Waals surface area contributed by atoms with E-state index in [2.05, 4.69) is 20.9 Å². The van der Waals surface area contributed by atoms with Crippen LogP contribution in [-0.4, -0.2) is 37.5 Å². The molecule has 1 aromatic heterocycles. The average Bonchev–Trinajstić information content (AvgIpc) is 3.36. The standard InChI is InChI=1S/C35H35BrN2O7S/c1-6-42-27-14-13-24(18-28(27)43-7-2)31-25(34(40)41-5)19-37-35-38(31)33(39)30(46-35)17-23-15-26(36)32(29(16-23)44-8-3)45-20-22-11-9-21(4)10-12-22/h9-19,31H,6-8,20H2,1-5H3/b30-17-/t31-/m0/s1. The summed E-state index contributed by atoms with van der Waals surface area (Å²) in [5.74, 6) is 1.63. The van der Waals surface area contributed by atoms with Crippen molar-refractivity contribution in [2.45, 2.75) is 40.3 Å². The van der Waals surface area contributed by atoms with E-state index in [1.54, 1.807) is 18.2 Å². The first-order valence-corrected chi connectivity index (χ1v) is 16.5. The minimum Gasteiger partial charge on any atom is -0.490 e. The third-order valence-corrected chi connectivity index (χ3v) is 8.73. The fourth-order valence-electron chi connectivity index (χ4n) is 5.05. The zero-order chi connectivity index (χ0) is 32.8. The normalized spacial score (nSPS) is 14.2. The van der Waals surface area contributed by atoms with Crippen LogP contribution in [0.4, 0.5) is 0 Å². The molecule has 0 saturated heterocycles. The van der Waals surface area contributed by atoms with Gasteiger partial charge in [0.15, 0.2) is 27.8 Å².